The highest BCUT2D eigenvalue weighted by Crippen LogP contribution is 1.78. The van der Waals surface area contributed by atoms with E-state index >= 15 is 0 Å². The van der Waals surface area contributed by atoms with Crippen LogP contribution in [0.2, 0.25) is 0 Å². The van der Waals surface area contributed by atoms with E-state index in [1.165, 1.54) is 0 Å². The van der Waals surface area contributed by atoms with Crippen LogP contribution in [0.5, 0.6) is 0 Å². The zero-order valence-corrected chi connectivity index (χ0v) is 9.44. The minimum Gasteiger partial charge on any atom is -0.353 e. The van der Waals surface area contributed by atoms with Gasteiger partial charge in [0.1, 0.15) is 0 Å². The molecule has 7 heteroatoms. The molecule has 84 valence electrons. The second-order valence-corrected chi connectivity index (χ2v) is 4.80. The summed E-state index contributed by atoms with van der Waals surface area (Å²) in [7, 11) is -1.49. The Morgan fingerprint density at radius 2 is 1.93 bits per heavy atom. The molecular formula is C7H17N3O3S. The molecule has 0 heterocycles. The zero-order valence-electron chi connectivity index (χ0n) is 8.62. The highest BCUT2D eigenvalue weighted by Gasteiger charge is 2.08. The van der Waals surface area contributed by atoms with Crippen molar-refractivity contribution in [2.45, 2.75) is 13.0 Å². The molecule has 1 unspecified atom stereocenters. The number of rotatable bonds is 6. The van der Waals surface area contributed by atoms with E-state index in [9.17, 15) is 13.2 Å². The Morgan fingerprint density at radius 1 is 1.36 bits per heavy atom. The maximum atomic E-state index is 11.1. The SMILES string of the molecule is CNC(C)C(=O)NCCNS(C)(=O)=O. The molecule has 0 aromatic heterocycles. The van der Waals surface area contributed by atoms with Gasteiger partial charge in [-0.05, 0) is 14.0 Å². The van der Waals surface area contributed by atoms with Crippen LogP contribution in [0.3, 0.4) is 0 Å². The van der Waals surface area contributed by atoms with Gasteiger partial charge in [-0.1, -0.05) is 0 Å². The van der Waals surface area contributed by atoms with Gasteiger partial charge in [-0.3, -0.25) is 4.79 Å². The molecule has 14 heavy (non-hydrogen) atoms. The summed E-state index contributed by atoms with van der Waals surface area (Å²) in [6.45, 7) is 2.22. The normalized spacial score (nSPS) is 13.6. The Bertz CT molecular complexity index is 276. The van der Waals surface area contributed by atoms with Crippen LogP contribution < -0.4 is 15.4 Å². The first-order valence-electron chi connectivity index (χ1n) is 4.26. The van der Waals surface area contributed by atoms with Gasteiger partial charge in [0.2, 0.25) is 15.9 Å². The lowest BCUT2D eigenvalue weighted by Crippen LogP contribution is -2.43. The van der Waals surface area contributed by atoms with Crippen LogP contribution in [0.25, 0.3) is 0 Å². The molecule has 1 atom stereocenters. The van der Waals surface area contributed by atoms with Crippen LogP contribution >= 0.6 is 0 Å². The third-order valence-electron chi connectivity index (χ3n) is 1.61. The number of hydrogen-bond acceptors (Lipinski definition) is 4. The molecule has 0 bridgehead atoms. The van der Waals surface area contributed by atoms with Crippen LogP contribution in [0, 0.1) is 0 Å². The molecular weight excluding hydrogens is 206 g/mol. The van der Waals surface area contributed by atoms with Crippen molar-refractivity contribution < 1.29 is 13.2 Å². The van der Waals surface area contributed by atoms with E-state index in [0.29, 0.717) is 0 Å². The minimum absolute atomic E-state index is 0.150. The predicted molar refractivity (Wildman–Crippen MR) is 54.4 cm³/mol. The summed E-state index contributed by atoms with van der Waals surface area (Å²) in [6, 6.07) is -0.270. The van der Waals surface area contributed by atoms with Gasteiger partial charge in [0.15, 0.2) is 0 Å². The molecule has 0 aliphatic rings. The van der Waals surface area contributed by atoms with Crippen molar-refractivity contribution >= 4 is 15.9 Å². The summed E-state index contributed by atoms with van der Waals surface area (Å²) < 4.78 is 23.5. The predicted octanol–water partition coefficient (Wildman–Crippen LogP) is -1.74. The number of amides is 1. The smallest absolute Gasteiger partial charge is 0.236 e. The van der Waals surface area contributed by atoms with Gasteiger partial charge in [-0.25, -0.2) is 13.1 Å². The lowest BCUT2D eigenvalue weighted by molar-refractivity contribution is -0.122. The van der Waals surface area contributed by atoms with E-state index < -0.39 is 10.0 Å². The molecule has 6 nitrogen and oxygen atoms in total. The average molecular weight is 223 g/mol. The molecule has 0 fully saturated rings. The maximum Gasteiger partial charge on any atom is 0.236 e. The van der Waals surface area contributed by atoms with E-state index in [4.69, 9.17) is 0 Å². The lowest BCUT2D eigenvalue weighted by atomic mass is 10.3. The van der Waals surface area contributed by atoms with Crippen LogP contribution in [0.4, 0.5) is 0 Å². The second-order valence-electron chi connectivity index (χ2n) is 2.97. The summed E-state index contributed by atoms with van der Waals surface area (Å²) in [6.07, 6.45) is 1.07. The van der Waals surface area contributed by atoms with Crippen LogP contribution in [-0.2, 0) is 14.8 Å². The molecule has 0 radical (unpaired) electrons. The van der Waals surface area contributed by atoms with Gasteiger partial charge >= 0.3 is 0 Å². The summed E-state index contributed by atoms with van der Waals surface area (Å²) in [5.74, 6) is -0.150. The third kappa shape index (κ3) is 6.81. The minimum atomic E-state index is -3.16. The monoisotopic (exact) mass is 223 g/mol. The fourth-order valence-electron chi connectivity index (χ4n) is 0.706. The zero-order chi connectivity index (χ0) is 11.2. The lowest BCUT2D eigenvalue weighted by Gasteiger charge is -2.10. The number of sulfonamides is 1. The van der Waals surface area contributed by atoms with Gasteiger partial charge in [0.05, 0.1) is 12.3 Å². The van der Waals surface area contributed by atoms with E-state index in [2.05, 4.69) is 15.4 Å². The van der Waals surface area contributed by atoms with E-state index in [-0.39, 0.29) is 25.0 Å². The third-order valence-corrected chi connectivity index (χ3v) is 2.34. The summed E-state index contributed by atoms with van der Waals surface area (Å²) in [4.78, 5) is 11.1. The van der Waals surface area contributed by atoms with E-state index in [0.717, 1.165) is 6.26 Å². The first kappa shape index (κ1) is 13.3. The first-order chi connectivity index (χ1) is 6.37. The molecule has 0 rings (SSSR count). The molecule has 1 amide bonds. The second kappa shape index (κ2) is 5.94. The fraction of sp³-hybridized carbons (Fsp3) is 0.857. The first-order valence-corrected chi connectivity index (χ1v) is 6.15. The number of nitrogens with one attached hydrogen (secondary N) is 3. The Kier molecular flexibility index (Phi) is 5.66. The van der Waals surface area contributed by atoms with Gasteiger partial charge in [0, 0.05) is 13.1 Å². The van der Waals surface area contributed by atoms with Crippen molar-refractivity contribution in [3.05, 3.63) is 0 Å². The van der Waals surface area contributed by atoms with Crippen LogP contribution in [-0.4, -0.2) is 46.8 Å². The van der Waals surface area contributed by atoms with Gasteiger partial charge in [-0.2, -0.15) is 0 Å². The van der Waals surface area contributed by atoms with Crippen molar-refractivity contribution in [1.29, 1.82) is 0 Å². The molecule has 3 N–H and O–H groups in total. The van der Waals surface area contributed by atoms with Gasteiger partial charge in [-0.15, -0.1) is 0 Å². The van der Waals surface area contributed by atoms with Crippen LogP contribution in [0.1, 0.15) is 6.92 Å². The number of likely N-dealkylation sites (N-methyl/N-ethyl adjacent to an activating group) is 1. The largest absolute Gasteiger partial charge is 0.353 e. The Morgan fingerprint density at radius 3 is 2.36 bits per heavy atom. The molecule has 0 aliphatic carbocycles. The Balaban J connectivity index is 3.61. The number of hydrogen-bond donors (Lipinski definition) is 3. The highest BCUT2D eigenvalue weighted by molar-refractivity contribution is 7.88. The average Bonchev–Trinajstić information content (AvgIpc) is 2.09. The van der Waals surface area contributed by atoms with Crippen molar-refractivity contribution in [2.24, 2.45) is 0 Å². The molecule has 0 spiro atoms. The quantitative estimate of drug-likeness (QED) is 0.466. The Hall–Kier alpha value is -0.660. The number of carbonyl (C=O) groups is 1. The molecule has 0 saturated carbocycles. The van der Waals surface area contributed by atoms with Crippen molar-refractivity contribution in [3.63, 3.8) is 0 Å². The molecule has 0 aliphatic heterocycles. The van der Waals surface area contributed by atoms with Crippen molar-refractivity contribution in [1.82, 2.24) is 15.4 Å². The molecule has 0 saturated heterocycles. The summed E-state index contributed by atoms with van der Waals surface area (Å²) in [5.41, 5.74) is 0. The fourth-order valence-corrected chi connectivity index (χ4v) is 1.18. The van der Waals surface area contributed by atoms with Crippen molar-refractivity contribution in [2.75, 3.05) is 26.4 Å². The number of carbonyl (C=O) groups excluding carboxylic acids is 1. The summed E-state index contributed by atoms with van der Waals surface area (Å²) in [5, 5.41) is 5.35. The highest BCUT2D eigenvalue weighted by atomic mass is 32.2. The standard InChI is InChI=1S/C7H17N3O3S/c1-6(8-2)7(11)9-4-5-10-14(3,12)13/h6,8,10H,4-5H2,1-3H3,(H,9,11). The van der Waals surface area contributed by atoms with Crippen LogP contribution in [0.15, 0.2) is 0 Å². The van der Waals surface area contributed by atoms with Gasteiger partial charge < -0.3 is 10.6 Å². The van der Waals surface area contributed by atoms with E-state index in [1.807, 2.05) is 0 Å². The molecule has 0 aromatic rings. The topological polar surface area (TPSA) is 87.3 Å². The van der Waals surface area contributed by atoms with E-state index in [1.54, 1.807) is 14.0 Å². The van der Waals surface area contributed by atoms with Crippen molar-refractivity contribution in [3.8, 4) is 0 Å². The van der Waals surface area contributed by atoms with Gasteiger partial charge in [0.25, 0.3) is 0 Å². The molecule has 0 aromatic carbocycles. The summed E-state index contributed by atoms with van der Waals surface area (Å²) >= 11 is 0. The maximum absolute atomic E-state index is 11.1. The Labute approximate surface area is 84.5 Å².